The predicted molar refractivity (Wildman–Crippen MR) is 102 cm³/mol. The molecule has 2 atom stereocenters. The van der Waals surface area contributed by atoms with Crippen LogP contribution in [0.15, 0.2) is 59.6 Å². The summed E-state index contributed by atoms with van der Waals surface area (Å²) < 4.78 is 40.1. The zero-order chi connectivity index (χ0) is 19.3. The van der Waals surface area contributed by atoms with E-state index in [1.807, 2.05) is 0 Å². The largest absolute Gasteiger partial charge is 0.286 e. The van der Waals surface area contributed by atoms with Gasteiger partial charge in [0.25, 0.3) is 15.3 Å². The van der Waals surface area contributed by atoms with Crippen molar-refractivity contribution in [3.63, 3.8) is 0 Å². The lowest BCUT2D eigenvalue weighted by Crippen LogP contribution is -2.20. The van der Waals surface area contributed by atoms with Crippen LogP contribution in [-0.4, -0.2) is 29.4 Å². The first kappa shape index (κ1) is 17.6. The summed E-state index contributed by atoms with van der Waals surface area (Å²) in [4.78, 5) is 23.9. The summed E-state index contributed by atoms with van der Waals surface area (Å²) in [6, 6.07) is 11.0. The number of rotatable bonds is 3. The summed E-state index contributed by atoms with van der Waals surface area (Å²) in [7, 11) is -5.04. The van der Waals surface area contributed by atoms with Crippen molar-refractivity contribution in [1.82, 2.24) is 9.29 Å². The number of nitrogens with zero attached hydrogens (tertiary/aromatic N) is 1. The molecule has 2 unspecified atom stereocenters. The first-order valence-electron chi connectivity index (χ1n) is 7.79. The third kappa shape index (κ3) is 2.70. The van der Waals surface area contributed by atoms with Crippen LogP contribution in [-0.2, 0) is 14.8 Å². The van der Waals surface area contributed by atoms with Gasteiger partial charge in [0.1, 0.15) is 11.1 Å². The molecular weight excluding hydrogens is 391 g/mol. The van der Waals surface area contributed by atoms with Crippen molar-refractivity contribution in [3.05, 3.63) is 66.1 Å². The van der Waals surface area contributed by atoms with Crippen molar-refractivity contribution < 1.29 is 22.4 Å². The van der Waals surface area contributed by atoms with Gasteiger partial charge in [0, 0.05) is 11.6 Å². The van der Waals surface area contributed by atoms with Crippen molar-refractivity contribution in [2.75, 3.05) is 0 Å². The molecule has 2 amide bonds. The van der Waals surface area contributed by atoms with Crippen LogP contribution in [0.25, 0.3) is 10.9 Å². The molecule has 1 aliphatic heterocycles. The summed E-state index contributed by atoms with van der Waals surface area (Å²) >= 11 is 0. The Hall–Kier alpha value is -2.78. The van der Waals surface area contributed by atoms with E-state index in [0.29, 0.717) is 16.5 Å². The molecule has 1 fully saturated rings. The molecule has 1 saturated heterocycles. The molecule has 2 heterocycles. The second kappa shape index (κ2) is 6.14. The summed E-state index contributed by atoms with van der Waals surface area (Å²) in [5.74, 6) is 2.80. The molecule has 2 aromatic carbocycles. The molecule has 0 bridgehead atoms. The maximum absolute atomic E-state index is 13.1. The van der Waals surface area contributed by atoms with E-state index < -0.39 is 42.7 Å². The number of carbonyl (C=O) groups excluding carboxylic acids is 2. The van der Waals surface area contributed by atoms with Crippen LogP contribution in [0.1, 0.15) is 10.8 Å². The Balaban J connectivity index is 1.89. The fourth-order valence-electron chi connectivity index (χ4n) is 3.09. The summed E-state index contributed by atoms with van der Waals surface area (Å²) in [5.41, 5.74) is 0.906. The molecule has 138 valence electrons. The number of imide groups is 1. The summed E-state index contributed by atoms with van der Waals surface area (Å²) in [6.45, 7) is 0. The van der Waals surface area contributed by atoms with E-state index >= 15 is 0 Å². The number of hydrogen-bond acceptors (Lipinski definition) is 4. The Bertz CT molecular complexity index is 1230. The van der Waals surface area contributed by atoms with Crippen LogP contribution in [0.5, 0.6) is 0 Å². The van der Waals surface area contributed by atoms with Crippen LogP contribution in [0.4, 0.5) is 9.18 Å². The highest BCUT2D eigenvalue weighted by molar-refractivity contribution is 8.28. The minimum atomic E-state index is -3.95. The monoisotopic (exact) mass is 404 g/mol. The zero-order valence-electron chi connectivity index (χ0n) is 13.8. The molecule has 0 radical (unpaired) electrons. The molecule has 0 spiro atoms. The van der Waals surface area contributed by atoms with Gasteiger partial charge >= 0.3 is 0 Å². The first-order chi connectivity index (χ1) is 12.8. The van der Waals surface area contributed by atoms with Crippen molar-refractivity contribution in [1.29, 1.82) is 0 Å². The lowest BCUT2D eigenvalue weighted by molar-refractivity contribution is -0.119. The Labute approximate surface area is 156 Å². The fourth-order valence-corrected chi connectivity index (χ4v) is 5.71. The van der Waals surface area contributed by atoms with Gasteiger partial charge < -0.3 is 0 Å². The van der Waals surface area contributed by atoms with Gasteiger partial charge in [-0.3, -0.25) is 14.9 Å². The van der Waals surface area contributed by atoms with Crippen LogP contribution >= 0.6 is 10.5 Å². The van der Waals surface area contributed by atoms with E-state index in [-0.39, 0.29) is 4.90 Å². The Kier molecular flexibility index (Phi) is 4.01. The van der Waals surface area contributed by atoms with E-state index in [1.54, 1.807) is 24.3 Å². The highest BCUT2D eigenvalue weighted by Crippen LogP contribution is 2.42. The Morgan fingerprint density at radius 2 is 1.78 bits per heavy atom. The third-order valence-electron chi connectivity index (χ3n) is 4.37. The van der Waals surface area contributed by atoms with Gasteiger partial charge in [-0.25, -0.2) is 16.8 Å². The maximum atomic E-state index is 13.1. The van der Waals surface area contributed by atoms with Crippen molar-refractivity contribution in [2.24, 2.45) is 0 Å². The minimum absolute atomic E-state index is 0.0579. The number of aromatic nitrogens is 1. The van der Waals surface area contributed by atoms with Gasteiger partial charge in [-0.2, -0.15) is 0 Å². The number of amides is 2. The number of fused-ring (bicyclic) bond motifs is 1. The summed E-state index contributed by atoms with van der Waals surface area (Å²) in [6.07, 6.45) is 1.38. The molecule has 1 N–H and O–H groups in total. The van der Waals surface area contributed by atoms with Gasteiger partial charge in [0.2, 0.25) is 5.91 Å². The van der Waals surface area contributed by atoms with Crippen molar-refractivity contribution in [2.45, 2.75) is 10.1 Å². The Morgan fingerprint density at radius 3 is 2.41 bits per heavy atom. The molecule has 9 heteroatoms. The van der Waals surface area contributed by atoms with Crippen LogP contribution in [0.2, 0.25) is 0 Å². The molecule has 0 aliphatic carbocycles. The second-order valence-electron chi connectivity index (χ2n) is 5.94. The maximum Gasteiger partial charge on any atom is 0.280 e. The number of hydrogen-bond donors (Lipinski definition) is 1. The quantitative estimate of drug-likeness (QED) is 0.680. The molecule has 4 rings (SSSR count). The van der Waals surface area contributed by atoms with E-state index in [1.165, 1.54) is 18.3 Å². The van der Waals surface area contributed by atoms with Crippen molar-refractivity contribution in [3.8, 4) is 0 Å². The smallest absolute Gasteiger partial charge is 0.280 e. The van der Waals surface area contributed by atoms with Crippen LogP contribution in [0, 0.1) is 5.82 Å². The topological polar surface area (TPSA) is 85.2 Å². The molecule has 3 aromatic rings. The van der Waals surface area contributed by atoms with Crippen LogP contribution < -0.4 is 5.32 Å². The molecule has 0 saturated carbocycles. The van der Waals surface area contributed by atoms with Gasteiger partial charge in [-0.15, -0.1) is 0 Å². The van der Waals surface area contributed by atoms with E-state index in [9.17, 15) is 22.4 Å². The SMILES string of the molecule is C=S1C(=O)NC(=O)C1c1cccc2c1ccn2S(=O)(=O)c1ccc(F)cc1. The highest BCUT2D eigenvalue weighted by atomic mass is 32.2. The number of halogens is 1. The summed E-state index contributed by atoms with van der Waals surface area (Å²) in [5, 5.41) is 1.61. The average Bonchev–Trinajstić information content (AvgIpc) is 3.17. The normalized spacial score (nSPS) is 20.2. The van der Waals surface area contributed by atoms with Gasteiger partial charge in [0.05, 0.1) is 10.4 Å². The minimum Gasteiger partial charge on any atom is -0.286 e. The molecule has 6 nitrogen and oxygen atoms in total. The number of benzene rings is 2. The molecule has 1 aliphatic rings. The lowest BCUT2D eigenvalue weighted by Gasteiger charge is -2.12. The van der Waals surface area contributed by atoms with Gasteiger partial charge in [0.15, 0.2) is 0 Å². The zero-order valence-corrected chi connectivity index (χ0v) is 15.4. The third-order valence-corrected chi connectivity index (χ3v) is 7.69. The number of carbonyl (C=O) groups is 2. The Morgan fingerprint density at radius 1 is 1.07 bits per heavy atom. The van der Waals surface area contributed by atoms with Gasteiger partial charge in [-0.05, 0) is 42.0 Å². The predicted octanol–water partition coefficient (Wildman–Crippen LogP) is 3.01. The highest BCUT2D eigenvalue weighted by Gasteiger charge is 2.36. The molecule has 1 aromatic heterocycles. The standard InChI is InChI=1S/C18H13FN2O4S2/c1-26-16(17(22)20-18(26)23)14-3-2-4-15-13(14)9-10-21(15)27(24,25)12-7-5-11(19)6-8-12/h2-10,16H,1H2,(H,20,22,23). The molecular formula is C18H13FN2O4S2. The second-order valence-corrected chi connectivity index (χ2v) is 9.45. The van der Waals surface area contributed by atoms with Crippen LogP contribution in [0.3, 0.4) is 0 Å². The van der Waals surface area contributed by atoms with E-state index in [2.05, 4.69) is 11.2 Å². The average molecular weight is 404 g/mol. The first-order valence-corrected chi connectivity index (χ1v) is 10.7. The molecule has 27 heavy (non-hydrogen) atoms. The van der Waals surface area contributed by atoms with Gasteiger partial charge in [-0.1, -0.05) is 28.5 Å². The van der Waals surface area contributed by atoms with Crippen molar-refractivity contribution >= 4 is 48.4 Å². The van der Waals surface area contributed by atoms with E-state index in [0.717, 1.165) is 16.1 Å². The van der Waals surface area contributed by atoms with E-state index in [4.69, 9.17) is 0 Å². The fraction of sp³-hybridized carbons (Fsp3) is 0.0556. The lowest BCUT2D eigenvalue weighted by atomic mass is 10.1. The number of nitrogens with one attached hydrogen (secondary N) is 1.